The number of nitrogens with two attached hydrogens (primary N) is 1. The molecular weight excluding hydrogens is 238 g/mol. The van der Waals surface area contributed by atoms with E-state index in [1.54, 1.807) is 6.20 Å². The number of rotatable bonds is 2. The molecular formula is C14H15N5. The van der Waals surface area contributed by atoms with Crippen molar-refractivity contribution in [3.8, 4) is 11.3 Å². The van der Waals surface area contributed by atoms with E-state index >= 15 is 0 Å². The van der Waals surface area contributed by atoms with Gasteiger partial charge in [0, 0.05) is 18.8 Å². The third-order valence-electron chi connectivity index (χ3n) is 3.10. The van der Waals surface area contributed by atoms with Crippen LogP contribution in [0.1, 0.15) is 18.8 Å². The summed E-state index contributed by atoms with van der Waals surface area (Å²) in [7, 11) is 1.98. The van der Waals surface area contributed by atoms with Crippen LogP contribution in [0.5, 0.6) is 0 Å². The normalized spacial score (nSPS) is 12.8. The van der Waals surface area contributed by atoms with E-state index in [1.165, 1.54) is 0 Å². The Hall–Kier alpha value is -2.27. The van der Waals surface area contributed by atoms with Crippen LogP contribution in [0.4, 0.5) is 0 Å². The molecule has 0 amide bonds. The van der Waals surface area contributed by atoms with Gasteiger partial charge < -0.3 is 10.3 Å². The van der Waals surface area contributed by atoms with E-state index in [2.05, 4.69) is 15.0 Å². The highest BCUT2D eigenvalue weighted by Crippen LogP contribution is 2.22. The molecule has 1 atom stereocenters. The summed E-state index contributed by atoms with van der Waals surface area (Å²) >= 11 is 0. The zero-order valence-corrected chi connectivity index (χ0v) is 10.9. The van der Waals surface area contributed by atoms with E-state index in [0.717, 1.165) is 22.3 Å². The van der Waals surface area contributed by atoms with Gasteiger partial charge in [0.25, 0.3) is 0 Å². The van der Waals surface area contributed by atoms with Crippen molar-refractivity contribution in [3.05, 3.63) is 42.6 Å². The second-order valence-corrected chi connectivity index (χ2v) is 4.65. The molecule has 19 heavy (non-hydrogen) atoms. The second kappa shape index (κ2) is 4.44. The van der Waals surface area contributed by atoms with Crippen LogP contribution in [0, 0.1) is 0 Å². The summed E-state index contributed by atoms with van der Waals surface area (Å²) in [6, 6.07) is 7.83. The molecule has 0 bridgehead atoms. The van der Waals surface area contributed by atoms with Crippen molar-refractivity contribution < 1.29 is 0 Å². The molecule has 0 aliphatic heterocycles. The Bertz CT molecular complexity index is 730. The van der Waals surface area contributed by atoms with Gasteiger partial charge in [0.15, 0.2) is 0 Å². The average Bonchev–Trinajstić information content (AvgIpc) is 2.80. The van der Waals surface area contributed by atoms with Crippen LogP contribution >= 0.6 is 0 Å². The molecule has 3 aromatic rings. The fraction of sp³-hybridized carbons (Fsp3) is 0.214. The van der Waals surface area contributed by atoms with Crippen LogP contribution in [0.25, 0.3) is 22.3 Å². The van der Waals surface area contributed by atoms with Gasteiger partial charge in [0.1, 0.15) is 5.82 Å². The van der Waals surface area contributed by atoms with Crippen molar-refractivity contribution in [1.82, 2.24) is 19.5 Å². The van der Waals surface area contributed by atoms with Gasteiger partial charge in [-0.1, -0.05) is 6.07 Å². The molecule has 1 aromatic carbocycles. The number of benzene rings is 1. The van der Waals surface area contributed by atoms with Crippen LogP contribution in [-0.4, -0.2) is 19.5 Å². The molecule has 2 N–H and O–H groups in total. The SMILES string of the molecule is CC(N)c1nccc(-c2ccc3c(c2)ncn3C)n1. The van der Waals surface area contributed by atoms with E-state index in [4.69, 9.17) is 5.73 Å². The van der Waals surface area contributed by atoms with Gasteiger partial charge in [0.05, 0.1) is 29.1 Å². The number of aryl methyl sites for hydroxylation is 1. The predicted octanol–water partition coefficient (Wildman–Crippen LogP) is 2.05. The highest BCUT2D eigenvalue weighted by Gasteiger charge is 2.07. The molecule has 0 aliphatic carbocycles. The largest absolute Gasteiger partial charge is 0.334 e. The lowest BCUT2D eigenvalue weighted by Crippen LogP contribution is -2.09. The van der Waals surface area contributed by atoms with Crippen molar-refractivity contribution in [1.29, 1.82) is 0 Å². The summed E-state index contributed by atoms with van der Waals surface area (Å²) in [6.45, 7) is 1.88. The minimum absolute atomic E-state index is 0.168. The molecule has 0 fully saturated rings. The summed E-state index contributed by atoms with van der Waals surface area (Å²) < 4.78 is 1.99. The lowest BCUT2D eigenvalue weighted by molar-refractivity contribution is 0.741. The Labute approximate surface area is 111 Å². The Morgan fingerprint density at radius 1 is 1.21 bits per heavy atom. The highest BCUT2D eigenvalue weighted by atomic mass is 15.0. The van der Waals surface area contributed by atoms with Crippen molar-refractivity contribution in [2.24, 2.45) is 12.8 Å². The number of aromatic nitrogens is 4. The molecule has 0 saturated heterocycles. The maximum atomic E-state index is 5.81. The van der Waals surface area contributed by atoms with Gasteiger partial charge in [0.2, 0.25) is 0 Å². The minimum atomic E-state index is -0.168. The van der Waals surface area contributed by atoms with Gasteiger partial charge in [-0.15, -0.1) is 0 Å². The Morgan fingerprint density at radius 2 is 2.05 bits per heavy atom. The predicted molar refractivity (Wildman–Crippen MR) is 74.3 cm³/mol. The summed E-state index contributed by atoms with van der Waals surface area (Å²) in [4.78, 5) is 13.0. The third-order valence-corrected chi connectivity index (χ3v) is 3.10. The zero-order chi connectivity index (χ0) is 13.4. The van der Waals surface area contributed by atoms with E-state index in [1.807, 2.05) is 49.1 Å². The van der Waals surface area contributed by atoms with Crippen molar-refractivity contribution >= 4 is 11.0 Å². The molecule has 0 radical (unpaired) electrons. The molecule has 0 aliphatic rings. The first kappa shape index (κ1) is 11.8. The topological polar surface area (TPSA) is 69.6 Å². The van der Waals surface area contributed by atoms with Crippen LogP contribution in [0.15, 0.2) is 36.8 Å². The molecule has 1 unspecified atom stereocenters. The third kappa shape index (κ3) is 2.08. The number of nitrogens with zero attached hydrogens (tertiary/aromatic N) is 4. The molecule has 2 heterocycles. The zero-order valence-electron chi connectivity index (χ0n) is 10.9. The molecule has 0 saturated carbocycles. The van der Waals surface area contributed by atoms with Crippen LogP contribution in [-0.2, 0) is 7.05 Å². The summed E-state index contributed by atoms with van der Waals surface area (Å²) in [5.74, 6) is 0.651. The van der Waals surface area contributed by atoms with Gasteiger partial charge in [-0.3, -0.25) is 0 Å². The lowest BCUT2D eigenvalue weighted by Gasteiger charge is -2.06. The summed E-state index contributed by atoms with van der Waals surface area (Å²) in [6.07, 6.45) is 3.55. The highest BCUT2D eigenvalue weighted by molar-refractivity contribution is 5.81. The lowest BCUT2D eigenvalue weighted by atomic mass is 10.1. The Balaban J connectivity index is 2.10. The van der Waals surface area contributed by atoms with Crippen molar-refractivity contribution in [2.75, 3.05) is 0 Å². The van der Waals surface area contributed by atoms with Crippen molar-refractivity contribution in [3.63, 3.8) is 0 Å². The number of fused-ring (bicyclic) bond motifs is 1. The fourth-order valence-corrected chi connectivity index (χ4v) is 2.05. The standard InChI is InChI=1S/C14H15N5/c1-9(15)14-16-6-5-11(18-14)10-3-4-13-12(7-10)17-8-19(13)2/h3-9H,15H2,1-2H3. The maximum Gasteiger partial charge on any atom is 0.145 e. The van der Waals surface area contributed by atoms with E-state index in [0.29, 0.717) is 5.82 Å². The van der Waals surface area contributed by atoms with Gasteiger partial charge in [-0.25, -0.2) is 15.0 Å². The fourth-order valence-electron chi connectivity index (χ4n) is 2.05. The van der Waals surface area contributed by atoms with Crippen molar-refractivity contribution in [2.45, 2.75) is 13.0 Å². The summed E-state index contributed by atoms with van der Waals surface area (Å²) in [5, 5.41) is 0. The first-order valence-electron chi connectivity index (χ1n) is 6.15. The first-order chi connectivity index (χ1) is 9.15. The van der Waals surface area contributed by atoms with Crippen LogP contribution in [0.3, 0.4) is 0 Å². The number of imidazole rings is 1. The smallest absolute Gasteiger partial charge is 0.145 e. The number of hydrogen-bond acceptors (Lipinski definition) is 4. The molecule has 0 spiro atoms. The van der Waals surface area contributed by atoms with Gasteiger partial charge in [-0.2, -0.15) is 0 Å². The first-order valence-corrected chi connectivity index (χ1v) is 6.15. The Morgan fingerprint density at radius 3 is 2.84 bits per heavy atom. The molecule has 5 heteroatoms. The number of hydrogen-bond donors (Lipinski definition) is 1. The van der Waals surface area contributed by atoms with Gasteiger partial charge >= 0.3 is 0 Å². The van der Waals surface area contributed by atoms with E-state index in [9.17, 15) is 0 Å². The maximum absolute atomic E-state index is 5.81. The summed E-state index contributed by atoms with van der Waals surface area (Å²) in [5.41, 5.74) is 9.77. The Kier molecular flexibility index (Phi) is 2.76. The van der Waals surface area contributed by atoms with E-state index in [-0.39, 0.29) is 6.04 Å². The molecule has 5 nitrogen and oxygen atoms in total. The molecule has 3 rings (SSSR count). The average molecular weight is 253 g/mol. The van der Waals surface area contributed by atoms with Gasteiger partial charge in [-0.05, 0) is 25.1 Å². The monoisotopic (exact) mass is 253 g/mol. The quantitative estimate of drug-likeness (QED) is 0.758. The molecule has 2 aromatic heterocycles. The van der Waals surface area contributed by atoms with Crippen LogP contribution in [0.2, 0.25) is 0 Å². The van der Waals surface area contributed by atoms with Crippen LogP contribution < -0.4 is 5.73 Å². The second-order valence-electron chi connectivity index (χ2n) is 4.65. The van der Waals surface area contributed by atoms with E-state index < -0.39 is 0 Å². The molecule has 96 valence electrons. The minimum Gasteiger partial charge on any atom is -0.334 e.